The van der Waals surface area contributed by atoms with Crippen molar-refractivity contribution < 1.29 is 9.50 Å². The van der Waals surface area contributed by atoms with Crippen LogP contribution in [0.5, 0.6) is 0 Å². The number of anilines is 1. The summed E-state index contributed by atoms with van der Waals surface area (Å²) >= 11 is 0. The Morgan fingerprint density at radius 1 is 1.50 bits per heavy atom. The van der Waals surface area contributed by atoms with Gasteiger partial charge in [0.15, 0.2) is 0 Å². The highest BCUT2D eigenvalue weighted by atomic mass is 19.1. The summed E-state index contributed by atoms with van der Waals surface area (Å²) in [5, 5.41) is 20.2. The van der Waals surface area contributed by atoms with E-state index in [9.17, 15) is 4.39 Å². The second kappa shape index (κ2) is 5.20. The zero-order chi connectivity index (χ0) is 10.4. The maximum absolute atomic E-state index is 12.7. The average Bonchev–Trinajstić information content (AvgIpc) is 2.20. The van der Waals surface area contributed by atoms with Gasteiger partial charge in [-0.3, -0.25) is 0 Å². The number of nitrogens with one attached hydrogen (secondary N) is 1. The normalized spacial score (nSPS) is 9.50. The van der Waals surface area contributed by atoms with Gasteiger partial charge in [-0.1, -0.05) is 0 Å². The van der Waals surface area contributed by atoms with Crippen molar-refractivity contribution in [3.05, 3.63) is 29.6 Å². The summed E-state index contributed by atoms with van der Waals surface area (Å²) in [6.45, 7) is 0.660. The zero-order valence-corrected chi connectivity index (χ0v) is 7.63. The molecule has 0 aliphatic rings. The van der Waals surface area contributed by atoms with Crippen LogP contribution >= 0.6 is 0 Å². The minimum absolute atomic E-state index is 0.0933. The molecule has 74 valence electrons. The van der Waals surface area contributed by atoms with Crippen LogP contribution in [0.1, 0.15) is 12.0 Å². The van der Waals surface area contributed by atoms with Gasteiger partial charge >= 0.3 is 0 Å². The van der Waals surface area contributed by atoms with Gasteiger partial charge in [0.2, 0.25) is 0 Å². The molecule has 0 bridgehead atoms. The van der Waals surface area contributed by atoms with E-state index in [1.54, 1.807) is 0 Å². The van der Waals surface area contributed by atoms with Crippen molar-refractivity contribution in [2.24, 2.45) is 0 Å². The fourth-order valence-electron chi connectivity index (χ4n) is 1.07. The SMILES string of the molecule is N#Cc1cc(F)ccc1NCCCO. The highest BCUT2D eigenvalue weighted by molar-refractivity contribution is 5.57. The summed E-state index contributed by atoms with van der Waals surface area (Å²) < 4.78 is 12.7. The molecular formula is C10H11FN2O. The van der Waals surface area contributed by atoms with E-state index in [4.69, 9.17) is 10.4 Å². The van der Waals surface area contributed by atoms with Crippen LogP contribution < -0.4 is 5.32 Å². The average molecular weight is 194 g/mol. The van der Waals surface area contributed by atoms with E-state index in [1.165, 1.54) is 18.2 Å². The smallest absolute Gasteiger partial charge is 0.124 e. The molecule has 1 aromatic carbocycles. The summed E-state index contributed by atoms with van der Waals surface area (Å²) in [6.07, 6.45) is 0.599. The summed E-state index contributed by atoms with van der Waals surface area (Å²) in [6, 6.07) is 5.89. The number of aliphatic hydroxyl groups is 1. The molecule has 0 aliphatic heterocycles. The molecular weight excluding hydrogens is 183 g/mol. The molecule has 0 aliphatic carbocycles. The van der Waals surface area contributed by atoms with Crippen molar-refractivity contribution in [1.29, 1.82) is 5.26 Å². The number of benzene rings is 1. The minimum Gasteiger partial charge on any atom is -0.396 e. The Hall–Kier alpha value is -1.60. The molecule has 0 unspecified atom stereocenters. The fourth-order valence-corrected chi connectivity index (χ4v) is 1.07. The third-order valence-electron chi connectivity index (χ3n) is 1.75. The number of nitrogens with zero attached hydrogens (tertiary/aromatic N) is 1. The molecule has 0 heterocycles. The van der Waals surface area contributed by atoms with Crippen LogP contribution in [-0.4, -0.2) is 18.3 Å². The Kier molecular flexibility index (Phi) is 3.89. The molecule has 0 fully saturated rings. The molecule has 14 heavy (non-hydrogen) atoms. The monoisotopic (exact) mass is 194 g/mol. The van der Waals surface area contributed by atoms with E-state index in [0.717, 1.165) is 0 Å². The number of nitriles is 1. The van der Waals surface area contributed by atoms with E-state index in [2.05, 4.69) is 5.32 Å². The van der Waals surface area contributed by atoms with Gasteiger partial charge in [0.05, 0.1) is 11.3 Å². The van der Waals surface area contributed by atoms with Crippen LogP contribution in [0.2, 0.25) is 0 Å². The van der Waals surface area contributed by atoms with Crippen LogP contribution in [0.3, 0.4) is 0 Å². The molecule has 0 saturated heterocycles. The van der Waals surface area contributed by atoms with Gasteiger partial charge in [-0.25, -0.2) is 4.39 Å². The number of halogens is 1. The highest BCUT2D eigenvalue weighted by Crippen LogP contribution is 2.15. The predicted octanol–water partition coefficient (Wildman–Crippen LogP) is 1.49. The summed E-state index contributed by atoms with van der Waals surface area (Å²) in [7, 11) is 0. The zero-order valence-electron chi connectivity index (χ0n) is 7.63. The quantitative estimate of drug-likeness (QED) is 0.714. The Morgan fingerprint density at radius 3 is 2.93 bits per heavy atom. The van der Waals surface area contributed by atoms with Gasteiger partial charge in [0.1, 0.15) is 11.9 Å². The minimum atomic E-state index is -0.422. The second-order valence-electron chi connectivity index (χ2n) is 2.81. The van der Waals surface area contributed by atoms with Gasteiger partial charge in [-0.15, -0.1) is 0 Å². The van der Waals surface area contributed by atoms with Crippen molar-refractivity contribution in [1.82, 2.24) is 0 Å². The van der Waals surface area contributed by atoms with Crippen LogP contribution in [0, 0.1) is 17.1 Å². The van der Waals surface area contributed by atoms with Crippen molar-refractivity contribution in [3.8, 4) is 6.07 Å². The molecule has 0 atom stereocenters. The van der Waals surface area contributed by atoms with E-state index in [0.29, 0.717) is 18.7 Å². The van der Waals surface area contributed by atoms with Gasteiger partial charge < -0.3 is 10.4 Å². The molecule has 1 rings (SSSR count). The maximum atomic E-state index is 12.7. The Labute approximate surface area is 81.8 Å². The lowest BCUT2D eigenvalue weighted by molar-refractivity contribution is 0.292. The van der Waals surface area contributed by atoms with Crippen LogP contribution in [-0.2, 0) is 0 Å². The van der Waals surface area contributed by atoms with Gasteiger partial charge in [0.25, 0.3) is 0 Å². The molecule has 0 spiro atoms. The van der Waals surface area contributed by atoms with E-state index >= 15 is 0 Å². The lowest BCUT2D eigenvalue weighted by Crippen LogP contribution is -2.04. The number of aliphatic hydroxyl groups excluding tert-OH is 1. The van der Waals surface area contributed by atoms with Gasteiger partial charge in [-0.05, 0) is 24.6 Å². The van der Waals surface area contributed by atoms with Gasteiger partial charge in [0, 0.05) is 13.2 Å². The Balaban J connectivity index is 2.72. The van der Waals surface area contributed by atoms with E-state index < -0.39 is 5.82 Å². The molecule has 0 amide bonds. The Morgan fingerprint density at radius 2 is 2.29 bits per heavy atom. The first-order valence-corrected chi connectivity index (χ1v) is 4.32. The first kappa shape index (κ1) is 10.5. The molecule has 3 nitrogen and oxygen atoms in total. The van der Waals surface area contributed by atoms with Crippen LogP contribution in [0.25, 0.3) is 0 Å². The van der Waals surface area contributed by atoms with Gasteiger partial charge in [-0.2, -0.15) is 5.26 Å². The molecule has 2 N–H and O–H groups in total. The van der Waals surface area contributed by atoms with Crippen molar-refractivity contribution >= 4 is 5.69 Å². The molecule has 0 saturated carbocycles. The topological polar surface area (TPSA) is 56.0 Å². The second-order valence-corrected chi connectivity index (χ2v) is 2.81. The van der Waals surface area contributed by atoms with Crippen molar-refractivity contribution in [3.63, 3.8) is 0 Å². The number of hydrogen-bond donors (Lipinski definition) is 2. The summed E-state index contributed by atoms with van der Waals surface area (Å²) in [5.74, 6) is -0.422. The maximum Gasteiger partial charge on any atom is 0.124 e. The fraction of sp³-hybridized carbons (Fsp3) is 0.300. The molecule has 0 radical (unpaired) electrons. The summed E-state index contributed by atoms with van der Waals surface area (Å²) in [5.41, 5.74) is 0.880. The standard InChI is InChI=1S/C10H11FN2O/c11-9-2-3-10(8(6-9)7-12)13-4-1-5-14/h2-3,6,13-14H,1,4-5H2. The van der Waals surface area contributed by atoms with Crippen LogP contribution in [0.15, 0.2) is 18.2 Å². The molecule has 1 aromatic rings. The molecule has 4 heteroatoms. The summed E-state index contributed by atoms with van der Waals surface area (Å²) in [4.78, 5) is 0. The molecule has 0 aromatic heterocycles. The Bertz CT molecular complexity index is 346. The predicted molar refractivity (Wildman–Crippen MR) is 51.3 cm³/mol. The lowest BCUT2D eigenvalue weighted by Gasteiger charge is -2.06. The lowest BCUT2D eigenvalue weighted by atomic mass is 10.2. The first-order chi connectivity index (χ1) is 6.77. The third-order valence-corrected chi connectivity index (χ3v) is 1.75. The first-order valence-electron chi connectivity index (χ1n) is 4.32. The third kappa shape index (κ3) is 2.71. The highest BCUT2D eigenvalue weighted by Gasteiger charge is 2.02. The van der Waals surface area contributed by atoms with E-state index in [-0.39, 0.29) is 12.2 Å². The van der Waals surface area contributed by atoms with E-state index in [1.807, 2.05) is 6.07 Å². The number of rotatable bonds is 4. The largest absolute Gasteiger partial charge is 0.396 e. The van der Waals surface area contributed by atoms with Crippen molar-refractivity contribution in [2.45, 2.75) is 6.42 Å². The van der Waals surface area contributed by atoms with Crippen molar-refractivity contribution in [2.75, 3.05) is 18.5 Å². The van der Waals surface area contributed by atoms with Crippen LogP contribution in [0.4, 0.5) is 10.1 Å². The number of hydrogen-bond acceptors (Lipinski definition) is 3.